The molecule has 2 N–H and O–H groups in total. The molecule has 0 spiro atoms. The molecule has 0 aliphatic heterocycles. The summed E-state index contributed by atoms with van der Waals surface area (Å²) in [5, 5.41) is 24.9. The van der Waals surface area contributed by atoms with E-state index in [0.717, 1.165) is 10.4 Å². The first-order valence-corrected chi connectivity index (χ1v) is 6.63. The van der Waals surface area contributed by atoms with Crippen LogP contribution >= 0.6 is 0 Å². The lowest BCUT2D eigenvalue weighted by Crippen LogP contribution is -2.15. The van der Waals surface area contributed by atoms with Crippen molar-refractivity contribution in [2.24, 2.45) is 0 Å². The van der Waals surface area contributed by atoms with Gasteiger partial charge in [0.15, 0.2) is 5.69 Å². The molecule has 8 nitrogen and oxygen atoms in total. The number of ether oxygens (including phenoxy) is 1. The molecule has 0 aliphatic rings. The van der Waals surface area contributed by atoms with Crippen LogP contribution in [0.15, 0.2) is 30.3 Å². The van der Waals surface area contributed by atoms with Crippen LogP contribution in [0.5, 0.6) is 5.75 Å². The highest BCUT2D eigenvalue weighted by Crippen LogP contribution is 2.12. The summed E-state index contributed by atoms with van der Waals surface area (Å²) in [4.78, 5) is 21.8. The number of aromatic nitrogens is 3. The van der Waals surface area contributed by atoms with Gasteiger partial charge >= 0.3 is 11.9 Å². The van der Waals surface area contributed by atoms with Crippen LogP contribution in [0.2, 0.25) is 0 Å². The number of rotatable bonds is 8. The highest BCUT2D eigenvalue weighted by molar-refractivity contribution is 5.86. The summed E-state index contributed by atoms with van der Waals surface area (Å²) in [6, 6.07) is 9.22. The summed E-state index contributed by atoms with van der Waals surface area (Å²) < 4.78 is 6.60. The van der Waals surface area contributed by atoms with Gasteiger partial charge in [0.1, 0.15) is 12.3 Å². The Kier molecular flexibility index (Phi) is 5.07. The molecule has 0 atom stereocenters. The summed E-state index contributed by atoms with van der Waals surface area (Å²) in [6.07, 6.45) is 0.830. The summed E-state index contributed by atoms with van der Waals surface area (Å²) in [6.45, 7) is -0.0452. The maximum absolute atomic E-state index is 11.1. The Hall–Kier alpha value is -2.90. The maximum atomic E-state index is 11.1. The lowest BCUT2D eigenvalue weighted by molar-refractivity contribution is -0.138. The molecule has 0 bridgehead atoms. The van der Waals surface area contributed by atoms with E-state index in [9.17, 15) is 9.59 Å². The summed E-state index contributed by atoms with van der Waals surface area (Å²) in [7, 11) is 0. The minimum atomic E-state index is -1.23. The molecule has 0 fully saturated rings. The van der Waals surface area contributed by atoms with Crippen LogP contribution in [0.25, 0.3) is 0 Å². The third-order valence-corrected chi connectivity index (χ3v) is 2.90. The first kappa shape index (κ1) is 15.5. The van der Waals surface area contributed by atoms with E-state index < -0.39 is 18.5 Å². The predicted octanol–water partition coefficient (Wildman–Crippen LogP) is 1.07. The fourth-order valence-corrected chi connectivity index (χ4v) is 1.95. The number of hydrogen-bond acceptors (Lipinski definition) is 5. The SMILES string of the molecule is O=C(O)Cn1nnc(C(=O)O)c1CCCOc1ccccc1. The molecule has 1 aromatic heterocycles. The van der Waals surface area contributed by atoms with Gasteiger partial charge in [0.25, 0.3) is 0 Å². The fraction of sp³-hybridized carbons (Fsp3) is 0.286. The van der Waals surface area contributed by atoms with Crippen molar-refractivity contribution < 1.29 is 24.5 Å². The molecule has 8 heteroatoms. The molecule has 0 unspecified atom stereocenters. The number of carboxylic acid groups (broad SMARTS) is 2. The number of hydrogen-bond donors (Lipinski definition) is 2. The molecule has 0 amide bonds. The van der Waals surface area contributed by atoms with E-state index in [1.807, 2.05) is 30.3 Å². The Morgan fingerprint density at radius 2 is 1.91 bits per heavy atom. The van der Waals surface area contributed by atoms with Crippen molar-refractivity contribution in [2.75, 3.05) is 6.61 Å². The van der Waals surface area contributed by atoms with Crippen LogP contribution in [0.1, 0.15) is 22.6 Å². The monoisotopic (exact) mass is 305 g/mol. The van der Waals surface area contributed by atoms with Crippen molar-refractivity contribution in [1.82, 2.24) is 15.0 Å². The predicted molar refractivity (Wildman–Crippen MR) is 74.9 cm³/mol. The van der Waals surface area contributed by atoms with Gasteiger partial charge < -0.3 is 14.9 Å². The summed E-state index contributed by atoms with van der Waals surface area (Å²) in [5.74, 6) is -1.61. The van der Waals surface area contributed by atoms with Crippen molar-refractivity contribution in [3.63, 3.8) is 0 Å². The van der Waals surface area contributed by atoms with Gasteiger partial charge in [-0.05, 0) is 25.0 Å². The maximum Gasteiger partial charge on any atom is 0.358 e. The number of aromatic carboxylic acids is 1. The van der Waals surface area contributed by atoms with Gasteiger partial charge in [-0.3, -0.25) is 4.79 Å². The smallest absolute Gasteiger partial charge is 0.358 e. The molecular formula is C14H15N3O5. The number of aliphatic carboxylic acids is 1. The van der Waals surface area contributed by atoms with Crippen LogP contribution in [0.3, 0.4) is 0 Å². The zero-order valence-electron chi connectivity index (χ0n) is 11.7. The van der Waals surface area contributed by atoms with Gasteiger partial charge in [-0.2, -0.15) is 0 Å². The highest BCUT2D eigenvalue weighted by Gasteiger charge is 2.19. The van der Waals surface area contributed by atoms with E-state index in [1.165, 1.54) is 0 Å². The van der Waals surface area contributed by atoms with Gasteiger partial charge in [0, 0.05) is 0 Å². The molecular weight excluding hydrogens is 290 g/mol. The van der Waals surface area contributed by atoms with Crippen LogP contribution in [-0.4, -0.2) is 43.8 Å². The Labute approximate surface area is 125 Å². The highest BCUT2D eigenvalue weighted by atomic mass is 16.5. The van der Waals surface area contributed by atoms with Crippen molar-refractivity contribution >= 4 is 11.9 Å². The van der Waals surface area contributed by atoms with E-state index in [4.69, 9.17) is 14.9 Å². The van der Waals surface area contributed by atoms with E-state index in [-0.39, 0.29) is 11.4 Å². The zero-order chi connectivity index (χ0) is 15.9. The lowest BCUT2D eigenvalue weighted by Gasteiger charge is -2.07. The lowest BCUT2D eigenvalue weighted by atomic mass is 10.2. The van der Waals surface area contributed by atoms with Crippen LogP contribution < -0.4 is 4.74 Å². The number of carboxylic acids is 2. The largest absolute Gasteiger partial charge is 0.494 e. The third-order valence-electron chi connectivity index (χ3n) is 2.90. The Bertz CT molecular complexity index is 654. The van der Waals surface area contributed by atoms with Crippen molar-refractivity contribution in [3.05, 3.63) is 41.7 Å². The average molecular weight is 305 g/mol. The molecule has 2 aromatic rings. The molecule has 0 saturated heterocycles. The second kappa shape index (κ2) is 7.21. The summed E-state index contributed by atoms with van der Waals surface area (Å²) in [5.41, 5.74) is 0.0625. The van der Waals surface area contributed by atoms with Gasteiger partial charge in [0.2, 0.25) is 0 Å². The first-order valence-electron chi connectivity index (χ1n) is 6.63. The molecule has 0 saturated carbocycles. The topological polar surface area (TPSA) is 115 Å². The molecule has 2 rings (SSSR count). The number of nitrogens with zero attached hydrogens (tertiary/aromatic N) is 3. The van der Waals surface area contributed by atoms with Crippen molar-refractivity contribution in [2.45, 2.75) is 19.4 Å². The summed E-state index contributed by atoms with van der Waals surface area (Å²) >= 11 is 0. The van der Waals surface area contributed by atoms with Crippen molar-refractivity contribution in [1.29, 1.82) is 0 Å². The fourth-order valence-electron chi connectivity index (χ4n) is 1.95. The minimum Gasteiger partial charge on any atom is -0.494 e. The normalized spacial score (nSPS) is 10.4. The van der Waals surface area contributed by atoms with Crippen LogP contribution in [0.4, 0.5) is 0 Å². The number of para-hydroxylation sites is 1. The molecule has 22 heavy (non-hydrogen) atoms. The second-order valence-electron chi connectivity index (χ2n) is 4.51. The molecule has 116 valence electrons. The van der Waals surface area contributed by atoms with Gasteiger partial charge in [-0.15, -0.1) is 5.10 Å². The van der Waals surface area contributed by atoms with Gasteiger partial charge in [-0.25, -0.2) is 9.48 Å². The molecule has 1 heterocycles. The van der Waals surface area contributed by atoms with E-state index >= 15 is 0 Å². The number of benzene rings is 1. The van der Waals surface area contributed by atoms with Crippen LogP contribution in [-0.2, 0) is 17.8 Å². The Morgan fingerprint density at radius 3 is 2.55 bits per heavy atom. The van der Waals surface area contributed by atoms with E-state index in [1.54, 1.807) is 0 Å². The third kappa shape index (κ3) is 4.05. The molecule has 0 radical (unpaired) electrons. The number of carbonyl (C=O) groups is 2. The second-order valence-corrected chi connectivity index (χ2v) is 4.51. The standard InChI is InChI=1S/C14H15N3O5/c18-12(19)9-17-11(13(14(20)21)15-16-17)7-4-8-22-10-5-2-1-3-6-10/h1-3,5-6H,4,7-9H2,(H,18,19)(H,20,21). The average Bonchev–Trinajstić information content (AvgIpc) is 2.87. The first-order chi connectivity index (χ1) is 10.6. The van der Waals surface area contributed by atoms with E-state index in [0.29, 0.717) is 19.4 Å². The molecule has 1 aromatic carbocycles. The Morgan fingerprint density at radius 1 is 1.18 bits per heavy atom. The van der Waals surface area contributed by atoms with Gasteiger partial charge in [-0.1, -0.05) is 23.4 Å². The molecule has 0 aliphatic carbocycles. The van der Waals surface area contributed by atoms with Crippen LogP contribution in [0, 0.1) is 0 Å². The quantitative estimate of drug-likeness (QED) is 0.701. The minimum absolute atomic E-state index is 0.221. The van der Waals surface area contributed by atoms with Gasteiger partial charge in [0.05, 0.1) is 12.3 Å². The zero-order valence-corrected chi connectivity index (χ0v) is 11.7. The Balaban J connectivity index is 1.97. The van der Waals surface area contributed by atoms with E-state index in [2.05, 4.69) is 10.3 Å². The van der Waals surface area contributed by atoms with Crippen molar-refractivity contribution in [3.8, 4) is 5.75 Å².